The average Bonchev–Trinajstić information content (AvgIpc) is 2.53. The number of rotatable bonds is 6. The van der Waals surface area contributed by atoms with Gasteiger partial charge in [-0.25, -0.2) is 0 Å². The summed E-state index contributed by atoms with van der Waals surface area (Å²) in [4.78, 5) is 12.0. The first-order chi connectivity index (χ1) is 11.0. The quantitative estimate of drug-likeness (QED) is 0.867. The summed E-state index contributed by atoms with van der Waals surface area (Å²) in [5, 5.41) is 3.26. The minimum absolute atomic E-state index is 0.0599. The second-order valence-corrected chi connectivity index (χ2v) is 4.99. The summed E-state index contributed by atoms with van der Waals surface area (Å²) in [7, 11) is 1.35. The fourth-order valence-electron chi connectivity index (χ4n) is 1.90. The highest BCUT2D eigenvalue weighted by Gasteiger charge is 2.12. The van der Waals surface area contributed by atoms with Crippen molar-refractivity contribution in [1.82, 2.24) is 5.32 Å². The Balaban J connectivity index is 2.02. The lowest BCUT2D eigenvalue weighted by atomic mass is 10.1. The van der Waals surface area contributed by atoms with Crippen molar-refractivity contribution in [3.63, 3.8) is 0 Å². The molecular formula is C16H14ClF2NO3. The molecule has 0 spiro atoms. The highest BCUT2D eigenvalue weighted by molar-refractivity contribution is 6.30. The molecule has 0 atom stereocenters. The van der Waals surface area contributed by atoms with Crippen LogP contribution in [0.25, 0.3) is 0 Å². The van der Waals surface area contributed by atoms with Crippen molar-refractivity contribution in [2.75, 3.05) is 7.11 Å². The number of carbonyl (C=O) groups excluding carboxylic acids is 1. The van der Waals surface area contributed by atoms with E-state index in [-0.39, 0.29) is 24.0 Å². The second kappa shape index (κ2) is 7.78. The molecule has 122 valence electrons. The lowest BCUT2D eigenvalue weighted by Crippen LogP contribution is -2.22. The van der Waals surface area contributed by atoms with Gasteiger partial charge in [0.2, 0.25) is 0 Å². The topological polar surface area (TPSA) is 47.6 Å². The highest BCUT2D eigenvalue weighted by Crippen LogP contribution is 2.29. The van der Waals surface area contributed by atoms with E-state index in [1.54, 1.807) is 30.3 Å². The maximum atomic E-state index is 12.3. The van der Waals surface area contributed by atoms with E-state index in [0.717, 1.165) is 0 Å². The van der Waals surface area contributed by atoms with Crippen LogP contribution in [0.4, 0.5) is 8.78 Å². The molecular weight excluding hydrogens is 328 g/mol. The van der Waals surface area contributed by atoms with Crippen molar-refractivity contribution in [1.29, 1.82) is 0 Å². The van der Waals surface area contributed by atoms with E-state index in [1.165, 1.54) is 19.2 Å². The molecule has 2 aromatic carbocycles. The summed E-state index contributed by atoms with van der Waals surface area (Å²) < 4.78 is 33.9. The molecule has 2 rings (SSSR count). The average molecular weight is 342 g/mol. The standard InChI is InChI=1S/C16H14ClF2NO3/c1-22-14-8-10(2-7-13(14)23-16(18)19)9-20-15(21)11-3-5-12(17)6-4-11/h2-8,16H,9H2,1H3,(H,20,21). The third kappa shape index (κ3) is 4.82. The smallest absolute Gasteiger partial charge is 0.387 e. The van der Waals surface area contributed by atoms with Crippen LogP contribution in [0.2, 0.25) is 5.02 Å². The van der Waals surface area contributed by atoms with Crippen LogP contribution < -0.4 is 14.8 Å². The van der Waals surface area contributed by atoms with Crippen molar-refractivity contribution >= 4 is 17.5 Å². The Morgan fingerprint density at radius 2 is 1.87 bits per heavy atom. The van der Waals surface area contributed by atoms with Gasteiger partial charge in [0, 0.05) is 17.1 Å². The van der Waals surface area contributed by atoms with Gasteiger partial charge in [0.1, 0.15) is 0 Å². The van der Waals surface area contributed by atoms with Gasteiger partial charge in [0.05, 0.1) is 7.11 Å². The normalized spacial score (nSPS) is 10.5. The van der Waals surface area contributed by atoms with Gasteiger partial charge >= 0.3 is 6.61 Å². The fourth-order valence-corrected chi connectivity index (χ4v) is 2.03. The number of alkyl halides is 2. The number of hydrogen-bond acceptors (Lipinski definition) is 3. The van der Waals surface area contributed by atoms with Crippen LogP contribution in [0.3, 0.4) is 0 Å². The van der Waals surface area contributed by atoms with Gasteiger partial charge < -0.3 is 14.8 Å². The third-order valence-corrected chi connectivity index (χ3v) is 3.26. The van der Waals surface area contributed by atoms with Gasteiger partial charge in [-0.15, -0.1) is 0 Å². The largest absolute Gasteiger partial charge is 0.493 e. The van der Waals surface area contributed by atoms with Crippen LogP contribution in [-0.2, 0) is 6.54 Å². The summed E-state index contributed by atoms with van der Waals surface area (Å²) in [5.74, 6) is -0.160. The molecule has 0 bridgehead atoms. The molecule has 0 aliphatic heterocycles. The Hall–Kier alpha value is -2.34. The molecule has 0 unspecified atom stereocenters. The third-order valence-electron chi connectivity index (χ3n) is 3.00. The van der Waals surface area contributed by atoms with Crippen molar-refractivity contribution in [3.05, 3.63) is 58.6 Å². The molecule has 2 aromatic rings. The van der Waals surface area contributed by atoms with Crippen LogP contribution in [0, 0.1) is 0 Å². The Bertz CT molecular complexity index is 678. The summed E-state index contributed by atoms with van der Waals surface area (Å²) in [5.41, 5.74) is 1.16. The van der Waals surface area contributed by atoms with Crippen LogP contribution in [-0.4, -0.2) is 19.6 Å². The maximum absolute atomic E-state index is 12.3. The van der Waals surface area contributed by atoms with Crippen LogP contribution in [0.5, 0.6) is 11.5 Å². The molecule has 1 amide bonds. The number of ether oxygens (including phenoxy) is 2. The molecule has 0 radical (unpaired) electrons. The van der Waals surface area contributed by atoms with E-state index >= 15 is 0 Å². The second-order valence-electron chi connectivity index (χ2n) is 4.55. The predicted molar refractivity (Wildman–Crippen MR) is 82.2 cm³/mol. The number of amides is 1. The van der Waals surface area contributed by atoms with Gasteiger partial charge in [-0.1, -0.05) is 17.7 Å². The van der Waals surface area contributed by atoms with Gasteiger partial charge in [-0.05, 0) is 42.0 Å². The van der Waals surface area contributed by atoms with Crippen molar-refractivity contribution in [2.45, 2.75) is 13.2 Å². The van der Waals surface area contributed by atoms with E-state index in [9.17, 15) is 13.6 Å². The number of methoxy groups -OCH3 is 1. The van der Waals surface area contributed by atoms with Crippen LogP contribution >= 0.6 is 11.6 Å². The van der Waals surface area contributed by atoms with Crippen molar-refractivity contribution < 1.29 is 23.0 Å². The summed E-state index contributed by atoms with van der Waals surface area (Å²) in [6.07, 6.45) is 0. The SMILES string of the molecule is COc1cc(CNC(=O)c2ccc(Cl)cc2)ccc1OC(F)F. The van der Waals surface area contributed by atoms with E-state index in [1.807, 2.05) is 0 Å². The van der Waals surface area contributed by atoms with E-state index < -0.39 is 6.61 Å². The zero-order chi connectivity index (χ0) is 16.8. The van der Waals surface area contributed by atoms with E-state index in [4.69, 9.17) is 16.3 Å². The molecule has 0 saturated heterocycles. The Morgan fingerprint density at radius 3 is 2.48 bits per heavy atom. The molecule has 7 heteroatoms. The number of halogens is 3. The summed E-state index contributed by atoms with van der Waals surface area (Å²) in [6, 6.07) is 10.9. The molecule has 23 heavy (non-hydrogen) atoms. The molecule has 0 fully saturated rings. The van der Waals surface area contributed by atoms with Gasteiger partial charge in [-0.2, -0.15) is 8.78 Å². The first-order valence-corrected chi connectivity index (χ1v) is 7.03. The minimum atomic E-state index is -2.93. The van der Waals surface area contributed by atoms with Gasteiger partial charge in [0.15, 0.2) is 11.5 Å². The first kappa shape index (κ1) is 17.0. The lowest BCUT2D eigenvalue weighted by Gasteiger charge is -2.12. The molecule has 0 saturated carbocycles. The highest BCUT2D eigenvalue weighted by atomic mass is 35.5. The Kier molecular flexibility index (Phi) is 5.76. The van der Waals surface area contributed by atoms with Crippen LogP contribution in [0.15, 0.2) is 42.5 Å². The number of carbonyl (C=O) groups is 1. The Morgan fingerprint density at radius 1 is 1.17 bits per heavy atom. The molecule has 0 aliphatic rings. The molecule has 0 heterocycles. The van der Waals surface area contributed by atoms with Crippen LogP contribution in [0.1, 0.15) is 15.9 Å². The Labute approximate surface area is 137 Å². The van der Waals surface area contributed by atoms with Crippen molar-refractivity contribution in [2.24, 2.45) is 0 Å². The maximum Gasteiger partial charge on any atom is 0.387 e. The van der Waals surface area contributed by atoms with Gasteiger partial charge in [-0.3, -0.25) is 4.79 Å². The van der Waals surface area contributed by atoms with Gasteiger partial charge in [0.25, 0.3) is 5.91 Å². The molecule has 1 N–H and O–H groups in total. The first-order valence-electron chi connectivity index (χ1n) is 6.65. The molecule has 0 aliphatic carbocycles. The zero-order valence-corrected chi connectivity index (χ0v) is 12.9. The van der Waals surface area contributed by atoms with Crippen molar-refractivity contribution in [3.8, 4) is 11.5 Å². The fraction of sp³-hybridized carbons (Fsp3) is 0.188. The number of nitrogens with one attached hydrogen (secondary N) is 1. The number of hydrogen-bond donors (Lipinski definition) is 1. The molecule has 0 aromatic heterocycles. The zero-order valence-electron chi connectivity index (χ0n) is 12.2. The van der Waals surface area contributed by atoms with E-state index in [2.05, 4.69) is 10.1 Å². The monoisotopic (exact) mass is 341 g/mol. The summed E-state index contributed by atoms with van der Waals surface area (Å²) >= 11 is 5.76. The minimum Gasteiger partial charge on any atom is -0.493 e. The predicted octanol–water partition coefficient (Wildman–Crippen LogP) is 3.88. The molecule has 4 nitrogen and oxygen atoms in total. The van der Waals surface area contributed by atoms with E-state index in [0.29, 0.717) is 16.1 Å². The summed E-state index contributed by atoms with van der Waals surface area (Å²) in [6.45, 7) is -2.72. The lowest BCUT2D eigenvalue weighted by molar-refractivity contribution is -0.0512. The number of benzene rings is 2.